The SMILES string of the molecule is N/C(=N/OC(=O)c1ccc(F)cc1)c1ccc(CN2CCCCC2)cc1. The van der Waals surface area contributed by atoms with Crippen molar-refractivity contribution in [1.29, 1.82) is 0 Å². The number of carbonyl (C=O) groups excluding carboxylic acids is 1. The van der Waals surface area contributed by atoms with Crippen LogP contribution in [0.15, 0.2) is 53.7 Å². The predicted octanol–water partition coefficient (Wildman–Crippen LogP) is 3.29. The van der Waals surface area contributed by atoms with Gasteiger partial charge < -0.3 is 10.6 Å². The number of rotatable bonds is 5. The number of nitrogens with zero attached hydrogens (tertiary/aromatic N) is 2. The first-order valence-corrected chi connectivity index (χ1v) is 8.74. The minimum absolute atomic E-state index is 0.116. The Hall–Kier alpha value is -2.73. The standard InChI is InChI=1S/C20H22FN3O2/c21-18-10-8-17(9-11-18)20(25)26-23-19(22)16-6-4-15(5-7-16)14-24-12-2-1-3-13-24/h4-11H,1-3,12-14H2,(H2,22,23). The lowest BCUT2D eigenvalue weighted by Gasteiger charge is -2.26. The van der Waals surface area contributed by atoms with E-state index in [0.29, 0.717) is 5.56 Å². The van der Waals surface area contributed by atoms with Crippen molar-refractivity contribution in [2.45, 2.75) is 25.8 Å². The summed E-state index contributed by atoms with van der Waals surface area (Å²) in [7, 11) is 0. The molecule has 5 nitrogen and oxygen atoms in total. The van der Waals surface area contributed by atoms with Gasteiger partial charge in [0.2, 0.25) is 0 Å². The van der Waals surface area contributed by atoms with Crippen LogP contribution in [0.2, 0.25) is 0 Å². The molecular formula is C20H22FN3O2. The van der Waals surface area contributed by atoms with E-state index in [-0.39, 0.29) is 11.4 Å². The fourth-order valence-electron chi connectivity index (χ4n) is 2.94. The van der Waals surface area contributed by atoms with Crippen LogP contribution in [-0.2, 0) is 11.4 Å². The number of likely N-dealkylation sites (tertiary alicyclic amines) is 1. The summed E-state index contributed by atoms with van der Waals surface area (Å²) in [6.45, 7) is 3.21. The molecule has 2 aromatic carbocycles. The molecule has 1 fully saturated rings. The van der Waals surface area contributed by atoms with Gasteiger partial charge in [-0.15, -0.1) is 0 Å². The quantitative estimate of drug-likeness (QED) is 0.387. The van der Waals surface area contributed by atoms with E-state index in [1.807, 2.05) is 24.3 Å². The molecule has 0 radical (unpaired) electrons. The van der Waals surface area contributed by atoms with Crippen molar-refractivity contribution in [1.82, 2.24) is 4.90 Å². The summed E-state index contributed by atoms with van der Waals surface area (Å²) < 4.78 is 12.9. The van der Waals surface area contributed by atoms with Crippen molar-refractivity contribution in [3.05, 3.63) is 71.0 Å². The van der Waals surface area contributed by atoms with Crippen LogP contribution in [0.4, 0.5) is 4.39 Å². The topological polar surface area (TPSA) is 67.9 Å². The molecule has 0 unspecified atom stereocenters. The molecule has 1 aliphatic heterocycles. The third-order valence-electron chi connectivity index (χ3n) is 4.41. The molecule has 1 aliphatic rings. The summed E-state index contributed by atoms with van der Waals surface area (Å²) >= 11 is 0. The van der Waals surface area contributed by atoms with Gasteiger partial charge in [-0.05, 0) is 55.8 Å². The highest BCUT2D eigenvalue weighted by atomic mass is 19.1. The fraction of sp³-hybridized carbons (Fsp3) is 0.300. The number of carbonyl (C=O) groups is 1. The second-order valence-electron chi connectivity index (χ2n) is 6.40. The van der Waals surface area contributed by atoms with E-state index >= 15 is 0 Å². The molecule has 1 saturated heterocycles. The first-order valence-electron chi connectivity index (χ1n) is 8.74. The Kier molecular flexibility index (Phi) is 5.96. The van der Waals surface area contributed by atoms with Crippen molar-refractivity contribution < 1.29 is 14.0 Å². The number of halogens is 1. The molecule has 2 aromatic rings. The molecule has 0 spiro atoms. The van der Waals surface area contributed by atoms with Gasteiger partial charge in [0.1, 0.15) is 5.82 Å². The van der Waals surface area contributed by atoms with Gasteiger partial charge in [-0.1, -0.05) is 35.8 Å². The van der Waals surface area contributed by atoms with E-state index in [0.717, 1.165) is 19.6 Å². The number of hydrogen-bond acceptors (Lipinski definition) is 4. The molecule has 0 atom stereocenters. The largest absolute Gasteiger partial charge is 0.380 e. The van der Waals surface area contributed by atoms with Crippen LogP contribution in [0, 0.1) is 5.82 Å². The van der Waals surface area contributed by atoms with Crippen molar-refractivity contribution in [3.63, 3.8) is 0 Å². The normalized spacial score (nSPS) is 15.7. The third kappa shape index (κ3) is 4.89. The Bertz CT molecular complexity index is 767. The smallest absolute Gasteiger partial charge is 0.365 e. The molecule has 26 heavy (non-hydrogen) atoms. The number of benzene rings is 2. The molecule has 2 N–H and O–H groups in total. The summed E-state index contributed by atoms with van der Waals surface area (Å²) in [4.78, 5) is 19.1. The predicted molar refractivity (Wildman–Crippen MR) is 98.1 cm³/mol. The summed E-state index contributed by atoms with van der Waals surface area (Å²) in [6, 6.07) is 12.8. The second kappa shape index (κ2) is 8.58. The van der Waals surface area contributed by atoms with Gasteiger partial charge in [0, 0.05) is 12.1 Å². The van der Waals surface area contributed by atoms with E-state index in [1.54, 1.807) is 0 Å². The van der Waals surface area contributed by atoms with Crippen LogP contribution in [0.5, 0.6) is 0 Å². The lowest BCUT2D eigenvalue weighted by Crippen LogP contribution is -2.29. The van der Waals surface area contributed by atoms with Crippen molar-refractivity contribution >= 4 is 11.8 Å². The van der Waals surface area contributed by atoms with E-state index < -0.39 is 11.8 Å². The highest BCUT2D eigenvalue weighted by molar-refractivity contribution is 5.98. The van der Waals surface area contributed by atoms with Gasteiger partial charge in [-0.25, -0.2) is 9.18 Å². The molecule has 0 aliphatic carbocycles. The van der Waals surface area contributed by atoms with Gasteiger partial charge in [-0.2, -0.15) is 0 Å². The molecule has 0 saturated carbocycles. The Balaban J connectivity index is 1.58. The Labute approximate surface area is 152 Å². The number of nitrogens with two attached hydrogens (primary N) is 1. The summed E-state index contributed by atoms with van der Waals surface area (Å²) in [5.41, 5.74) is 7.98. The lowest BCUT2D eigenvalue weighted by molar-refractivity contribution is 0.0516. The highest BCUT2D eigenvalue weighted by Crippen LogP contribution is 2.14. The zero-order valence-electron chi connectivity index (χ0n) is 14.5. The minimum Gasteiger partial charge on any atom is -0.380 e. The molecule has 136 valence electrons. The lowest BCUT2D eigenvalue weighted by atomic mass is 10.1. The zero-order chi connectivity index (χ0) is 18.4. The third-order valence-corrected chi connectivity index (χ3v) is 4.41. The van der Waals surface area contributed by atoms with E-state index in [2.05, 4.69) is 10.1 Å². The van der Waals surface area contributed by atoms with Crippen LogP contribution < -0.4 is 5.73 Å². The summed E-state index contributed by atoms with van der Waals surface area (Å²) in [5.74, 6) is -0.992. The summed E-state index contributed by atoms with van der Waals surface area (Å²) in [6.07, 6.45) is 3.84. The zero-order valence-corrected chi connectivity index (χ0v) is 14.5. The van der Waals surface area contributed by atoms with Crippen molar-refractivity contribution in [2.75, 3.05) is 13.1 Å². The first kappa shape index (κ1) is 18.1. The van der Waals surface area contributed by atoms with Gasteiger partial charge in [-0.3, -0.25) is 4.90 Å². The Morgan fingerprint density at radius 2 is 1.62 bits per heavy atom. The fourth-order valence-corrected chi connectivity index (χ4v) is 2.94. The molecule has 3 rings (SSSR count). The van der Waals surface area contributed by atoms with Gasteiger partial charge in [0.25, 0.3) is 0 Å². The molecule has 0 amide bonds. The first-order chi connectivity index (χ1) is 12.6. The average Bonchev–Trinajstić information content (AvgIpc) is 2.68. The molecule has 1 heterocycles. The maximum Gasteiger partial charge on any atom is 0.365 e. The second-order valence-corrected chi connectivity index (χ2v) is 6.40. The number of oxime groups is 1. The van der Waals surface area contributed by atoms with Crippen molar-refractivity contribution in [2.24, 2.45) is 10.9 Å². The molecule has 0 bridgehead atoms. The summed E-state index contributed by atoms with van der Waals surface area (Å²) in [5, 5.41) is 3.68. The highest BCUT2D eigenvalue weighted by Gasteiger charge is 2.11. The van der Waals surface area contributed by atoms with E-state index in [4.69, 9.17) is 10.6 Å². The Morgan fingerprint density at radius 1 is 1.00 bits per heavy atom. The number of piperidine rings is 1. The minimum atomic E-state index is -0.685. The number of amidine groups is 1. The van der Waals surface area contributed by atoms with Crippen LogP contribution in [0.1, 0.15) is 40.7 Å². The van der Waals surface area contributed by atoms with E-state index in [1.165, 1.54) is 49.1 Å². The van der Waals surface area contributed by atoms with Crippen molar-refractivity contribution in [3.8, 4) is 0 Å². The van der Waals surface area contributed by atoms with Crippen LogP contribution in [0.25, 0.3) is 0 Å². The van der Waals surface area contributed by atoms with Crippen LogP contribution in [-0.4, -0.2) is 29.8 Å². The molecular weight excluding hydrogens is 333 g/mol. The van der Waals surface area contributed by atoms with Crippen LogP contribution in [0.3, 0.4) is 0 Å². The maximum atomic E-state index is 12.9. The average molecular weight is 355 g/mol. The molecule has 0 aromatic heterocycles. The monoisotopic (exact) mass is 355 g/mol. The number of hydrogen-bond donors (Lipinski definition) is 1. The molecule has 6 heteroatoms. The van der Waals surface area contributed by atoms with Gasteiger partial charge in [0.15, 0.2) is 5.84 Å². The van der Waals surface area contributed by atoms with Gasteiger partial charge in [0.05, 0.1) is 5.56 Å². The van der Waals surface area contributed by atoms with Crippen LogP contribution >= 0.6 is 0 Å². The van der Waals surface area contributed by atoms with Gasteiger partial charge >= 0.3 is 5.97 Å². The maximum absolute atomic E-state index is 12.9. The Morgan fingerprint density at radius 3 is 2.27 bits per heavy atom. The van der Waals surface area contributed by atoms with E-state index in [9.17, 15) is 9.18 Å².